The summed E-state index contributed by atoms with van der Waals surface area (Å²) < 4.78 is 17.4. The van der Waals surface area contributed by atoms with Crippen molar-refractivity contribution in [2.75, 3.05) is 20.3 Å². The smallest absolute Gasteiger partial charge is 0.172 e. The van der Waals surface area contributed by atoms with Crippen molar-refractivity contribution in [2.45, 2.75) is 45.9 Å². The number of ether oxygens (including phenoxy) is 3. The zero-order valence-corrected chi connectivity index (χ0v) is 10.9. The van der Waals surface area contributed by atoms with E-state index in [2.05, 4.69) is 32.6 Å². The fourth-order valence-corrected chi connectivity index (χ4v) is 2.64. The Balaban J connectivity index is 2.25. The van der Waals surface area contributed by atoms with Gasteiger partial charge in [-0.15, -0.1) is 0 Å². The number of methoxy groups -OCH3 is 1. The van der Waals surface area contributed by atoms with E-state index in [0.29, 0.717) is 25.0 Å². The van der Waals surface area contributed by atoms with Crippen molar-refractivity contribution in [2.24, 2.45) is 11.8 Å². The van der Waals surface area contributed by atoms with E-state index in [0.717, 1.165) is 0 Å². The first-order chi connectivity index (χ1) is 7.52. The third kappa shape index (κ3) is 1.68. The molecule has 0 radical (unpaired) electrons. The molecule has 0 amide bonds. The molecule has 0 N–H and O–H groups in total. The topological polar surface area (TPSA) is 30.9 Å². The van der Waals surface area contributed by atoms with Gasteiger partial charge < -0.3 is 14.2 Å². The Labute approximate surface area is 97.8 Å². The molecule has 2 aliphatic heterocycles. The van der Waals surface area contributed by atoms with Gasteiger partial charge in [0.1, 0.15) is 12.5 Å². The average Bonchev–Trinajstić information content (AvgIpc) is 2.72. The summed E-state index contributed by atoms with van der Waals surface area (Å²) in [5, 5.41) is 0. The predicted octanol–water partition coefficient (Wildman–Crippen LogP) is 1.66. The lowest BCUT2D eigenvalue weighted by Gasteiger charge is -2.35. The molecular formula is C12H23NO3. The van der Waals surface area contributed by atoms with Crippen molar-refractivity contribution in [3.05, 3.63) is 0 Å². The van der Waals surface area contributed by atoms with Crippen molar-refractivity contribution >= 4 is 0 Å². The highest BCUT2D eigenvalue weighted by atomic mass is 16.6. The molecule has 2 heterocycles. The van der Waals surface area contributed by atoms with Gasteiger partial charge in [-0.2, -0.15) is 0 Å². The minimum atomic E-state index is -0.357. The van der Waals surface area contributed by atoms with Gasteiger partial charge in [-0.25, -0.2) is 4.90 Å². The van der Waals surface area contributed by atoms with Crippen LogP contribution in [0.15, 0.2) is 0 Å². The molecule has 0 aromatic carbocycles. The molecule has 16 heavy (non-hydrogen) atoms. The molecule has 2 saturated heterocycles. The van der Waals surface area contributed by atoms with Crippen molar-refractivity contribution in [3.8, 4) is 0 Å². The standard InChI is InChI=1S/C12H23NO3/c1-8(2)10-13-11(9(3)4)16-7-12(13,14-5)6-15-10/h8-11H,6-7H2,1-5H3. The normalized spacial score (nSPS) is 39.9. The second-order valence-electron chi connectivity index (χ2n) is 5.45. The molecule has 2 unspecified atom stereocenters. The molecule has 0 saturated carbocycles. The minimum absolute atomic E-state index is 0.106. The first-order valence-corrected chi connectivity index (χ1v) is 6.08. The summed E-state index contributed by atoms with van der Waals surface area (Å²) in [7, 11) is 1.74. The lowest BCUT2D eigenvalue weighted by molar-refractivity contribution is -0.120. The Bertz CT molecular complexity index is 235. The van der Waals surface area contributed by atoms with Crippen LogP contribution in [-0.2, 0) is 14.2 Å². The summed E-state index contributed by atoms with van der Waals surface area (Å²) in [6.45, 7) is 9.90. The van der Waals surface area contributed by atoms with E-state index in [9.17, 15) is 0 Å². The van der Waals surface area contributed by atoms with Crippen LogP contribution >= 0.6 is 0 Å². The van der Waals surface area contributed by atoms with Crippen LogP contribution in [0.2, 0.25) is 0 Å². The molecule has 4 heteroatoms. The van der Waals surface area contributed by atoms with Crippen LogP contribution in [0.25, 0.3) is 0 Å². The zero-order valence-electron chi connectivity index (χ0n) is 10.9. The number of nitrogens with zero attached hydrogens (tertiary/aromatic N) is 1. The van der Waals surface area contributed by atoms with E-state index in [1.807, 2.05) is 0 Å². The molecule has 94 valence electrons. The molecule has 2 fully saturated rings. The van der Waals surface area contributed by atoms with Crippen LogP contribution in [0.4, 0.5) is 0 Å². The van der Waals surface area contributed by atoms with E-state index in [1.165, 1.54) is 0 Å². The van der Waals surface area contributed by atoms with Gasteiger partial charge in [-0.3, -0.25) is 0 Å². The van der Waals surface area contributed by atoms with Crippen LogP contribution in [0.5, 0.6) is 0 Å². The molecule has 2 rings (SSSR count). The molecule has 2 aliphatic rings. The second-order valence-corrected chi connectivity index (χ2v) is 5.45. The maximum Gasteiger partial charge on any atom is 0.172 e. The number of hydrogen-bond acceptors (Lipinski definition) is 4. The van der Waals surface area contributed by atoms with Crippen LogP contribution in [0.1, 0.15) is 27.7 Å². The van der Waals surface area contributed by atoms with Crippen LogP contribution in [0, 0.1) is 11.8 Å². The van der Waals surface area contributed by atoms with Crippen molar-refractivity contribution in [1.29, 1.82) is 0 Å². The van der Waals surface area contributed by atoms with Gasteiger partial charge in [-0.1, -0.05) is 27.7 Å². The van der Waals surface area contributed by atoms with Crippen LogP contribution in [-0.4, -0.2) is 43.4 Å². The van der Waals surface area contributed by atoms with Crippen molar-refractivity contribution in [1.82, 2.24) is 4.90 Å². The molecule has 2 atom stereocenters. The van der Waals surface area contributed by atoms with Crippen LogP contribution < -0.4 is 0 Å². The second kappa shape index (κ2) is 4.26. The Morgan fingerprint density at radius 2 is 1.50 bits per heavy atom. The minimum Gasteiger partial charge on any atom is -0.359 e. The van der Waals surface area contributed by atoms with Gasteiger partial charge in [-0.05, 0) is 11.8 Å². The quantitative estimate of drug-likeness (QED) is 0.736. The summed E-state index contributed by atoms with van der Waals surface area (Å²) in [6.07, 6.45) is 0.213. The maximum absolute atomic E-state index is 5.88. The molecule has 0 aromatic heterocycles. The fourth-order valence-electron chi connectivity index (χ4n) is 2.64. The van der Waals surface area contributed by atoms with Crippen molar-refractivity contribution < 1.29 is 14.2 Å². The SMILES string of the molecule is COC12COC(C(C)C)N1C(C(C)C)OC2. The van der Waals surface area contributed by atoms with Gasteiger partial charge in [0.15, 0.2) is 5.72 Å². The van der Waals surface area contributed by atoms with Crippen LogP contribution in [0.3, 0.4) is 0 Å². The lowest BCUT2D eigenvalue weighted by Crippen LogP contribution is -2.52. The Kier molecular flexibility index (Phi) is 3.27. The summed E-state index contributed by atoms with van der Waals surface area (Å²) in [4.78, 5) is 2.28. The first-order valence-electron chi connectivity index (χ1n) is 6.08. The molecular weight excluding hydrogens is 206 g/mol. The summed E-state index contributed by atoms with van der Waals surface area (Å²) in [6, 6.07) is 0. The van der Waals surface area contributed by atoms with Gasteiger partial charge >= 0.3 is 0 Å². The largest absolute Gasteiger partial charge is 0.359 e. The number of fused-ring (bicyclic) bond motifs is 1. The van der Waals surface area contributed by atoms with Gasteiger partial charge in [0.25, 0.3) is 0 Å². The van der Waals surface area contributed by atoms with E-state index in [1.54, 1.807) is 7.11 Å². The van der Waals surface area contributed by atoms with Gasteiger partial charge in [0, 0.05) is 7.11 Å². The highest BCUT2D eigenvalue weighted by Gasteiger charge is 2.57. The molecule has 0 bridgehead atoms. The molecule has 0 spiro atoms. The highest BCUT2D eigenvalue weighted by molar-refractivity contribution is 4.96. The molecule has 4 nitrogen and oxygen atoms in total. The monoisotopic (exact) mass is 229 g/mol. The summed E-state index contributed by atoms with van der Waals surface area (Å²) in [5.41, 5.74) is -0.357. The van der Waals surface area contributed by atoms with E-state index in [4.69, 9.17) is 14.2 Å². The zero-order chi connectivity index (χ0) is 11.9. The summed E-state index contributed by atoms with van der Waals surface area (Å²) in [5.74, 6) is 0.889. The van der Waals surface area contributed by atoms with Gasteiger partial charge in [0.05, 0.1) is 13.2 Å². The van der Waals surface area contributed by atoms with E-state index >= 15 is 0 Å². The third-order valence-electron chi connectivity index (χ3n) is 3.50. The average molecular weight is 229 g/mol. The number of rotatable bonds is 3. The number of hydrogen-bond donors (Lipinski definition) is 0. The Hall–Kier alpha value is -0.160. The summed E-state index contributed by atoms with van der Waals surface area (Å²) >= 11 is 0. The lowest BCUT2D eigenvalue weighted by atomic mass is 10.1. The molecule has 0 aliphatic carbocycles. The first kappa shape index (κ1) is 12.3. The van der Waals surface area contributed by atoms with Gasteiger partial charge in [0.2, 0.25) is 0 Å². The Morgan fingerprint density at radius 1 is 1.06 bits per heavy atom. The molecule has 0 aromatic rings. The van der Waals surface area contributed by atoms with Crippen molar-refractivity contribution in [3.63, 3.8) is 0 Å². The van der Waals surface area contributed by atoms with E-state index in [-0.39, 0.29) is 18.2 Å². The Morgan fingerprint density at radius 3 is 1.81 bits per heavy atom. The maximum atomic E-state index is 5.88. The van der Waals surface area contributed by atoms with E-state index < -0.39 is 0 Å². The third-order valence-corrected chi connectivity index (χ3v) is 3.50. The predicted molar refractivity (Wildman–Crippen MR) is 60.7 cm³/mol. The fraction of sp³-hybridized carbons (Fsp3) is 1.00. The highest BCUT2D eigenvalue weighted by Crippen LogP contribution is 2.41.